The van der Waals surface area contributed by atoms with Gasteiger partial charge in [0.15, 0.2) is 0 Å². The first kappa shape index (κ1) is 10.7. The number of fused-ring (bicyclic) bond motifs is 1. The summed E-state index contributed by atoms with van der Waals surface area (Å²) < 4.78 is 0. The van der Waals surface area contributed by atoms with Crippen LogP contribution in [0.15, 0.2) is 30.5 Å². The van der Waals surface area contributed by atoms with Crippen molar-refractivity contribution < 1.29 is 9.90 Å². The van der Waals surface area contributed by atoms with Gasteiger partial charge in [0.2, 0.25) is 0 Å². The Morgan fingerprint density at radius 1 is 1.50 bits per heavy atom. The summed E-state index contributed by atoms with van der Waals surface area (Å²) in [6.45, 7) is 1.90. The highest BCUT2D eigenvalue weighted by Gasteiger charge is 2.07. The summed E-state index contributed by atoms with van der Waals surface area (Å²) in [5.74, 6) is -0.169. The molecule has 1 heterocycles. The quantitative estimate of drug-likeness (QED) is 0.726. The molecule has 1 aromatic carbocycles. The van der Waals surface area contributed by atoms with E-state index in [1.807, 2.05) is 18.3 Å². The van der Waals surface area contributed by atoms with Crippen molar-refractivity contribution in [3.05, 3.63) is 36.0 Å². The van der Waals surface area contributed by atoms with Crippen molar-refractivity contribution in [3.8, 4) is 0 Å². The minimum atomic E-state index is -0.529. The second kappa shape index (κ2) is 4.37. The lowest BCUT2D eigenvalue weighted by Crippen LogP contribution is -2.30. The summed E-state index contributed by atoms with van der Waals surface area (Å²) >= 11 is 0. The first-order chi connectivity index (χ1) is 7.66. The van der Waals surface area contributed by atoms with Crippen LogP contribution in [-0.4, -0.2) is 28.6 Å². The van der Waals surface area contributed by atoms with Gasteiger partial charge in [0.1, 0.15) is 0 Å². The normalized spacial score (nSPS) is 12.6. The molecular weight excluding hydrogens is 204 g/mol. The van der Waals surface area contributed by atoms with Crippen LogP contribution in [0.4, 0.5) is 0 Å². The Bertz CT molecular complexity index is 502. The highest BCUT2D eigenvalue weighted by Crippen LogP contribution is 2.13. The topological polar surface area (TPSA) is 65.1 Å². The van der Waals surface area contributed by atoms with Crippen LogP contribution in [0.5, 0.6) is 0 Å². The van der Waals surface area contributed by atoms with Gasteiger partial charge in [-0.2, -0.15) is 0 Å². The molecule has 0 aliphatic heterocycles. The van der Waals surface area contributed by atoms with E-state index in [2.05, 4.69) is 10.3 Å². The molecule has 0 aliphatic rings. The van der Waals surface area contributed by atoms with E-state index in [9.17, 15) is 4.79 Å². The van der Waals surface area contributed by atoms with Gasteiger partial charge in [-0.3, -0.25) is 4.79 Å². The maximum atomic E-state index is 11.7. The molecule has 16 heavy (non-hydrogen) atoms. The van der Waals surface area contributed by atoms with Crippen molar-refractivity contribution in [3.63, 3.8) is 0 Å². The first-order valence-electron chi connectivity index (χ1n) is 5.20. The lowest BCUT2D eigenvalue weighted by molar-refractivity contribution is 0.0924. The molecule has 84 valence electrons. The molecule has 1 aromatic heterocycles. The van der Waals surface area contributed by atoms with Gasteiger partial charge in [-0.1, -0.05) is 6.07 Å². The third-order valence-corrected chi connectivity index (χ3v) is 2.38. The Balaban J connectivity index is 2.16. The van der Waals surface area contributed by atoms with Gasteiger partial charge < -0.3 is 15.4 Å². The molecular formula is C12H14N2O2. The molecule has 0 fully saturated rings. The third-order valence-electron chi connectivity index (χ3n) is 2.38. The van der Waals surface area contributed by atoms with Crippen LogP contribution in [-0.2, 0) is 0 Å². The monoisotopic (exact) mass is 218 g/mol. The average Bonchev–Trinajstić information content (AvgIpc) is 2.72. The number of amides is 1. The smallest absolute Gasteiger partial charge is 0.251 e. The number of carbonyl (C=O) groups is 1. The molecule has 0 unspecified atom stereocenters. The third kappa shape index (κ3) is 2.23. The maximum Gasteiger partial charge on any atom is 0.251 e. The van der Waals surface area contributed by atoms with Crippen LogP contribution in [0, 0.1) is 0 Å². The van der Waals surface area contributed by atoms with Crippen LogP contribution in [0.2, 0.25) is 0 Å². The van der Waals surface area contributed by atoms with Gasteiger partial charge in [-0.05, 0) is 30.5 Å². The van der Waals surface area contributed by atoms with Crippen molar-refractivity contribution in [2.24, 2.45) is 0 Å². The predicted octanol–water partition coefficient (Wildman–Crippen LogP) is 1.28. The van der Waals surface area contributed by atoms with E-state index in [0.29, 0.717) is 5.56 Å². The summed E-state index contributed by atoms with van der Waals surface area (Å²) in [6.07, 6.45) is 1.31. The van der Waals surface area contributed by atoms with Crippen molar-refractivity contribution >= 4 is 16.8 Å². The summed E-state index contributed by atoms with van der Waals surface area (Å²) in [7, 11) is 0. The second-order valence-corrected chi connectivity index (χ2v) is 3.84. The Labute approximate surface area is 93.3 Å². The molecule has 1 amide bonds. The molecule has 4 heteroatoms. The van der Waals surface area contributed by atoms with Crippen molar-refractivity contribution in [2.75, 3.05) is 6.54 Å². The standard InChI is InChI=1S/C12H14N2O2/c1-8(15)7-14-12(16)10-3-2-9-4-5-13-11(9)6-10/h2-6,8,13,15H,7H2,1H3,(H,14,16)/t8-/m0/s1. The molecule has 4 nitrogen and oxygen atoms in total. The molecule has 0 saturated heterocycles. The number of hydrogen-bond donors (Lipinski definition) is 3. The Hall–Kier alpha value is -1.81. The number of benzene rings is 1. The fourth-order valence-electron chi connectivity index (χ4n) is 1.53. The molecule has 0 aliphatic carbocycles. The van der Waals surface area contributed by atoms with Gasteiger partial charge in [-0.25, -0.2) is 0 Å². The summed E-state index contributed by atoms with van der Waals surface area (Å²) in [4.78, 5) is 14.7. The number of aliphatic hydroxyl groups is 1. The Morgan fingerprint density at radius 2 is 2.31 bits per heavy atom. The number of aliphatic hydroxyl groups excluding tert-OH is 1. The summed E-state index contributed by atoms with van der Waals surface area (Å²) in [6, 6.07) is 7.41. The lowest BCUT2D eigenvalue weighted by Gasteiger charge is -2.06. The molecule has 0 spiro atoms. The van der Waals surface area contributed by atoms with Crippen LogP contribution >= 0.6 is 0 Å². The highest BCUT2D eigenvalue weighted by molar-refractivity contribution is 5.97. The molecule has 2 aromatic rings. The molecule has 0 radical (unpaired) electrons. The van der Waals surface area contributed by atoms with E-state index in [1.54, 1.807) is 19.1 Å². The number of carbonyl (C=O) groups excluding carboxylic acids is 1. The zero-order valence-corrected chi connectivity index (χ0v) is 9.03. The van der Waals surface area contributed by atoms with Gasteiger partial charge in [-0.15, -0.1) is 0 Å². The largest absolute Gasteiger partial charge is 0.392 e. The van der Waals surface area contributed by atoms with Crippen molar-refractivity contribution in [1.29, 1.82) is 0 Å². The van der Waals surface area contributed by atoms with Crippen LogP contribution < -0.4 is 5.32 Å². The van der Waals surface area contributed by atoms with Gasteiger partial charge in [0.25, 0.3) is 5.91 Å². The second-order valence-electron chi connectivity index (χ2n) is 3.84. The summed E-state index contributed by atoms with van der Waals surface area (Å²) in [5, 5.41) is 12.8. The average molecular weight is 218 g/mol. The zero-order chi connectivity index (χ0) is 11.5. The molecule has 3 N–H and O–H groups in total. The number of H-pyrrole nitrogens is 1. The minimum Gasteiger partial charge on any atom is -0.392 e. The number of nitrogens with one attached hydrogen (secondary N) is 2. The molecule has 2 rings (SSSR count). The lowest BCUT2D eigenvalue weighted by atomic mass is 10.1. The minimum absolute atomic E-state index is 0.169. The fraction of sp³-hybridized carbons (Fsp3) is 0.250. The Morgan fingerprint density at radius 3 is 3.06 bits per heavy atom. The van der Waals surface area contributed by atoms with E-state index >= 15 is 0 Å². The number of aromatic amines is 1. The molecule has 0 bridgehead atoms. The fourth-order valence-corrected chi connectivity index (χ4v) is 1.53. The number of hydrogen-bond acceptors (Lipinski definition) is 2. The number of rotatable bonds is 3. The van der Waals surface area contributed by atoms with E-state index in [4.69, 9.17) is 5.11 Å². The molecule has 1 atom stereocenters. The van der Waals surface area contributed by atoms with Gasteiger partial charge in [0, 0.05) is 23.8 Å². The van der Waals surface area contributed by atoms with E-state index in [-0.39, 0.29) is 12.5 Å². The predicted molar refractivity (Wildman–Crippen MR) is 62.3 cm³/mol. The van der Waals surface area contributed by atoms with E-state index in [1.165, 1.54) is 0 Å². The zero-order valence-electron chi connectivity index (χ0n) is 9.03. The van der Waals surface area contributed by atoms with Crippen molar-refractivity contribution in [1.82, 2.24) is 10.3 Å². The Kier molecular flexibility index (Phi) is 2.92. The highest BCUT2D eigenvalue weighted by atomic mass is 16.3. The van der Waals surface area contributed by atoms with Crippen LogP contribution in [0.25, 0.3) is 10.9 Å². The van der Waals surface area contributed by atoms with Gasteiger partial charge in [0.05, 0.1) is 6.10 Å². The molecule has 0 saturated carbocycles. The summed E-state index contributed by atoms with van der Waals surface area (Å²) in [5.41, 5.74) is 1.53. The van der Waals surface area contributed by atoms with Crippen LogP contribution in [0.1, 0.15) is 17.3 Å². The first-order valence-corrected chi connectivity index (χ1v) is 5.20. The van der Waals surface area contributed by atoms with E-state index < -0.39 is 6.10 Å². The van der Waals surface area contributed by atoms with Crippen LogP contribution in [0.3, 0.4) is 0 Å². The van der Waals surface area contributed by atoms with Gasteiger partial charge >= 0.3 is 0 Å². The number of aromatic nitrogens is 1. The van der Waals surface area contributed by atoms with E-state index in [0.717, 1.165) is 10.9 Å². The van der Waals surface area contributed by atoms with Crippen molar-refractivity contribution in [2.45, 2.75) is 13.0 Å². The SMILES string of the molecule is C[C@H](O)CNC(=O)c1ccc2cc[nH]c2c1. The maximum absolute atomic E-state index is 11.7.